The Bertz CT molecular complexity index is 437. The number of carbonyl (C=O) groups is 1. The van der Waals surface area contributed by atoms with Crippen molar-refractivity contribution < 1.29 is 9.53 Å². The average Bonchev–Trinajstić information content (AvgIpc) is 3.32. The quantitative estimate of drug-likeness (QED) is 0.917. The monoisotopic (exact) mass is 274 g/mol. The molecule has 0 radical (unpaired) electrons. The fraction of sp³-hybridized carbons (Fsp3) is 0.562. The van der Waals surface area contributed by atoms with Gasteiger partial charge >= 0.3 is 6.09 Å². The molecule has 1 saturated heterocycles. The third-order valence-corrected chi connectivity index (χ3v) is 4.13. The maximum absolute atomic E-state index is 11.8. The lowest BCUT2D eigenvalue weighted by Crippen LogP contribution is -2.45. The van der Waals surface area contributed by atoms with Crippen molar-refractivity contribution in [3.8, 4) is 0 Å². The topological polar surface area (TPSA) is 41.6 Å². The molecule has 2 aliphatic rings. The van der Waals surface area contributed by atoms with Crippen molar-refractivity contribution in [1.29, 1.82) is 0 Å². The van der Waals surface area contributed by atoms with E-state index < -0.39 is 0 Å². The molecule has 2 fully saturated rings. The molecule has 1 saturated carbocycles. The summed E-state index contributed by atoms with van der Waals surface area (Å²) in [5.74, 6) is 0. The van der Waals surface area contributed by atoms with Gasteiger partial charge < -0.3 is 15.0 Å². The lowest BCUT2D eigenvalue weighted by Gasteiger charge is -2.32. The average molecular weight is 274 g/mol. The van der Waals surface area contributed by atoms with E-state index in [4.69, 9.17) is 4.74 Å². The lowest BCUT2D eigenvalue weighted by atomic mass is 10.1. The van der Waals surface area contributed by atoms with Crippen LogP contribution in [-0.2, 0) is 11.3 Å². The molecule has 1 aliphatic heterocycles. The summed E-state index contributed by atoms with van der Waals surface area (Å²) in [7, 11) is 0. The largest absolute Gasteiger partial charge is 0.445 e. The molecule has 1 aromatic rings. The highest BCUT2D eigenvalue weighted by Gasteiger charge is 2.32. The summed E-state index contributed by atoms with van der Waals surface area (Å²) in [6.07, 6.45) is 4.50. The Hall–Kier alpha value is -1.55. The number of hydrogen-bond acceptors (Lipinski definition) is 3. The highest BCUT2D eigenvalue weighted by atomic mass is 16.5. The van der Waals surface area contributed by atoms with Crippen LogP contribution >= 0.6 is 0 Å². The standard InChI is InChI=1S/C16H22N2O2/c19-16(20-12-13-4-2-1-3-5-13)17-14-8-10-18(11-9-14)15-6-7-15/h1-5,14-15H,6-12H2,(H,17,19). The van der Waals surface area contributed by atoms with Crippen LogP contribution in [0.15, 0.2) is 30.3 Å². The molecule has 3 rings (SSSR count). The van der Waals surface area contributed by atoms with Gasteiger partial charge in [0.2, 0.25) is 0 Å². The van der Waals surface area contributed by atoms with E-state index >= 15 is 0 Å². The molecule has 1 aliphatic carbocycles. The number of piperidine rings is 1. The number of carbonyl (C=O) groups excluding carboxylic acids is 1. The SMILES string of the molecule is O=C(NC1CCN(C2CC2)CC1)OCc1ccccc1. The molecular formula is C16H22N2O2. The molecule has 4 nitrogen and oxygen atoms in total. The predicted molar refractivity (Wildman–Crippen MR) is 77.4 cm³/mol. The van der Waals surface area contributed by atoms with Crippen molar-refractivity contribution in [2.45, 2.75) is 44.4 Å². The number of rotatable bonds is 4. The van der Waals surface area contributed by atoms with Gasteiger partial charge in [-0.3, -0.25) is 0 Å². The number of amides is 1. The second kappa shape index (κ2) is 6.27. The van der Waals surface area contributed by atoms with Gasteiger partial charge in [0.15, 0.2) is 0 Å². The van der Waals surface area contributed by atoms with Gasteiger partial charge in [-0.15, -0.1) is 0 Å². The van der Waals surface area contributed by atoms with E-state index in [0.717, 1.165) is 37.5 Å². The number of benzene rings is 1. The molecule has 20 heavy (non-hydrogen) atoms. The van der Waals surface area contributed by atoms with Gasteiger partial charge in [0.05, 0.1) is 0 Å². The van der Waals surface area contributed by atoms with Crippen molar-refractivity contribution in [3.63, 3.8) is 0 Å². The van der Waals surface area contributed by atoms with E-state index in [1.165, 1.54) is 12.8 Å². The Balaban J connectivity index is 1.36. The van der Waals surface area contributed by atoms with Gasteiger partial charge in [-0.2, -0.15) is 0 Å². The normalized spacial score (nSPS) is 20.6. The van der Waals surface area contributed by atoms with Crippen LogP contribution in [0.3, 0.4) is 0 Å². The molecule has 1 aromatic carbocycles. The van der Waals surface area contributed by atoms with Gasteiger partial charge in [-0.05, 0) is 31.2 Å². The highest BCUT2D eigenvalue weighted by Crippen LogP contribution is 2.29. The smallest absolute Gasteiger partial charge is 0.407 e. The first-order valence-corrected chi connectivity index (χ1v) is 7.52. The number of hydrogen-bond donors (Lipinski definition) is 1. The van der Waals surface area contributed by atoms with Crippen molar-refractivity contribution in [3.05, 3.63) is 35.9 Å². The summed E-state index contributed by atoms with van der Waals surface area (Å²) in [6.45, 7) is 2.55. The van der Waals surface area contributed by atoms with E-state index in [0.29, 0.717) is 6.61 Å². The van der Waals surface area contributed by atoms with E-state index in [1.54, 1.807) is 0 Å². The van der Waals surface area contributed by atoms with E-state index in [9.17, 15) is 4.79 Å². The summed E-state index contributed by atoms with van der Waals surface area (Å²) in [4.78, 5) is 14.3. The predicted octanol–water partition coefficient (Wildman–Crippen LogP) is 2.54. The van der Waals surface area contributed by atoms with Crippen LogP contribution < -0.4 is 5.32 Å². The molecule has 0 bridgehead atoms. The molecule has 4 heteroatoms. The summed E-state index contributed by atoms with van der Waals surface area (Å²) >= 11 is 0. The fourth-order valence-corrected chi connectivity index (χ4v) is 2.78. The molecule has 0 atom stereocenters. The number of nitrogens with zero attached hydrogens (tertiary/aromatic N) is 1. The maximum atomic E-state index is 11.8. The Kier molecular flexibility index (Phi) is 4.21. The summed E-state index contributed by atoms with van der Waals surface area (Å²) in [6, 6.07) is 10.9. The Labute approximate surface area is 120 Å². The van der Waals surface area contributed by atoms with Crippen molar-refractivity contribution in [2.24, 2.45) is 0 Å². The van der Waals surface area contributed by atoms with Crippen LogP contribution in [0.4, 0.5) is 4.79 Å². The minimum atomic E-state index is -0.293. The molecule has 0 unspecified atom stereocenters. The van der Waals surface area contributed by atoms with Crippen molar-refractivity contribution in [1.82, 2.24) is 10.2 Å². The second-order valence-electron chi connectivity index (χ2n) is 5.75. The number of alkyl carbamates (subject to hydrolysis) is 1. The van der Waals surface area contributed by atoms with Crippen LogP contribution in [0.2, 0.25) is 0 Å². The van der Waals surface area contributed by atoms with Crippen molar-refractivity contribution in [2.75, 3.05) is 13.1 Å². The summed E-state index contributed by atoms with van der Waals surface area (Å²) in [5.41, 5.74) is 1.02. The first kappa shape index (κ1) is 13.4. The summed E-state index contributed by atoms with van der Waals surface area (Å²) < 4.78 is 5.25. The van der Waals surface area contributed by atoms with Gasteiger partial charge in [-0.1, -0.05) is 30.3 Å². The second-order valence-corrected chi connectivity index (χ2v) is 5.75. The van der Waals surface area contributed by atoms with Gasteiger partial charge in [0, 0.05) is 25.2 Å². The minimum absolute atomic E-state index is 0.272. The maximum Gasteiger partial charge on any atom is 0.407 e. The van der Waals surface area contributed by atoms with Gasteiger partial charge in [0.1, 0.15) is 6.61 Å². The first-order chi connectivity index (χ1) is 9.81. The Morgan fingerprint density at radius 1 is 1.15 bits per heavy atom. The minimum Gasteiger partial charge on any atom is -0.445 e. The number of ether oxygens (including phenoxy) is 1. The molecule has 0 aromatic heterocycles. The van der Waals surface area contributed by atoms with Crippen LogP contribution in [0.25, 0.3) is 0 Å². The molecule has 1 heterocycles. The van der Waals surface area contributed by atoms with Crippen LogP contribution in [0.5, 0.6) is 0 Å². The Morgan fingerprint density at radius 3 is 2.50 bits per heavy atom. The van der Waals surface area contributed by atoms with Crippen molar-refractivity contribution >= 4 is 6.09 Å². The molecule has 1 N–H and O–H groups in total. The third kappa shape index (κ3) is 3.73. The Morgan fingerprint density at radius 2 is 1.85 bits per heavy atom. The molecule has 0 spiro atoms. The first-order valence-electron chi connectivity index (χ1n) is 7.52. The highest BCUT2D eigenvalue weighted by molar-refractivity contribution is 5.67. The van der Waals surface area contributed by atoms with Crippen LogP contribution in [0.1, 0.15) is 31.2 Å². The zero-order chi connectivity index (χ0) is 13.8. The number of nitrogens with one attached hydrogen (secondary N) is 1. The molecular weight excluding hydrogens is 252 g/mol. The van der Waals surface area contributed by atoms with Gasteiger partial charge in [0.25, 0.3) is 0 Å². The van der Waals surface area contributed by atoms with E-state index in [2.05, 4.69) is 10.2 Å². The van der Waals surface area contributed by atoms with Crippen LogP contribution in [0, 0.1) is 0 Å². The fourth-order valence-electron chi connectivity index (χ4n) is 2.78. The van der Waals surface area contributed by atoms with Crippen LogP contribution in [-0.4, -0.2) is 36.2 Å². The van der Waals surface area contributed by atoms with Gasteiger partial charge in [-0.25, -0.2) is 4.79 Å². The van der Waals surface area contributed by atoms with E-state index in [-0.39, 0.29) is 12.1 Å². The molecule has 1 amide bonds. The lowest BCUT2D eigenvalue weighted by molar-refractivity contribution is 0.125. The summed E-state index contributed by atoms with van der Waals surface area (Å²) in [5, 5.41) is 2.98. The zero-order valence-corrected chi connectivity index (χ0v) is 11.8. The molecule has 108 valence electrons. The third-order valence-electron chi connectivity index (χ3n) is 4.13. The zero-order valence-electron chi connectivity index (χ0n) is 11.8. The number of likely N-dealkylation sites (tertiary alicyclic amines) is 1. The van der Waals surface area contributed by atoms with E-state index in [1.807, 2.05) is 30.3 Å².